The number of nitrogens with zero attached hydrogens (tertiary/aromatic N) is 2. The van der Waals surface area contributed by atoms with Crippen molar-refractivity contribution < 1.29 is 14.3 Å². The summed E-state index contributed by atoms with van der Waals surface area (Å²) in [7, 11) is 0. The van der Waals surface area contributed by atoms with Crippen LogP contribution in [0, 0.1) is 0 Å². The maximum Gasteiger partial charge on any atom is 0.336 e. The molecule has 2 heterocycles. The lowest BCUT2D eigenvalue weighted by Crippen LogP contribution is -2.51. The fourth-order valence-corrected chi connectivity index (χ4v) is 4.35. The molecule has 34 heavy (non-hydrogen) atoms. The molecule has 0 saturated carbocycles. The molecular formula is C26H30BrN3O3S. The number of halogens is 1. The maximum atomic E-state index is 13.3. The number of esters is 1. The van der Waals surface area contributed by atoms with Crippen LogP contribution in [0.25, 0.3) is 11.4 Å². The summed E-state index contributed by atoms with van der Waals surface area (Å²) in [5, 5.41) is 2.94. The van der Waals surface area contributed by atoms with Crippen LogP contribution < -0.4 is 5.32 Å². The average molecular weight is 545 g/mol. The zero-order valence-corrected chi connectivity index (χ0v) is 22.9. The lowest BCUT2D eigenvalue weighted by Gasteiger charge is -2.32. The molecule has 8 heteroatoms. The van der Waals surface area contributed by atoms with E-state index in [0.29, 0.717) is 16.3 Å². The van der Waals surface area contributed by atoms with Crippen LogP contribution in [0.4, 0.5) is 0 Å². The number of amides is 1. The van der Waals surface area contributed by atoms with Crippen LogP contribution in [-0.4, -0.2) is 27.4 Å². The van der Waals surface area contributed by atoms with E-state index in [1.54, 1.807) is 58.3 Å². The molecule has 0 saturated heterocycles. The van der Waals surface area contributed by atoms with Gasteiger partial charge in [0, 0.05) is 22.8 Å². The van der Waals surface area contributed by atoms with Crippen molar-refractivity contribution >= 4 is 39.1 Å². The molecule has 0 aliphatic carbocycles. The molecule has 0 spiro atoms. The molecule has 2 aromatic heterocycles. The Labute approximate surface area is 213 Å². The van der Waals surface area contributed by atoms with Gasteiger partial charge in [-0.15, -0.1) is 11.3 Å². The van der Waals surface area contributed by atoms with E-state index >= 15 is 0 Å². The highest BCUT2D eigenvalue weighted by Crippen LogP contribution is 2.32. The summed E-state index contributed by atoms with van der Waals surface area (Å²) in [6.45, 7) is 13.4. The molecule has 0 bridgehead atoms. The standard InChI is InChI=1S/C26H30BrN3O3S/c1-24(2,3)20-13-12-19(34-20)22(31)30-26(7,23(32)33-25(4,5)6)17-10-8-16(9-11-17)21-28-14-18(27)15-29-21/h8-15H,1-7H3,(H,30,31)/t26-/m0/s1. The molecule has 0 aliphatic heterocycles. The number of rotatable bonds is 5. The molecule has 1 N–H and O–H groups in total. The lowest BCUT2D eigenvalue weighted by molar-refractivity contribution is -0.162. The molecule has 6 nitrogen and oxygen atoms in total. The minimum absolute atomic E-state index is 0.0669. The Bertz CT molecular complexity index is 1180. The monoisotopic (exact) mass is 543 g/mol. The minimum Gasteiger partial charge on any atom is -0.458 e. The third kappa shape index (κ3) is 6.10. The van der Waals surface area contributed by atoms with Crippen molar-refractivity contribution in [2.75, 3.05) is 0 Å². The van der Waals surface area contributed by atoms with E-state index in [0.717, 1.165) is 14.9 Å². The predicted octanol–water partition coefficient (Wildman–Crippen LogP) is 6.25. The van der Waals surface area contributed by atoms with Gasteiger partial charge in [0.1, 0.15) is 5.60 Å². The second-order valence-corrected chi connectivity index (χ2v) is 12.3. The van der Waals surface area contributed by atoms with Gasteiger partial charge in [0.05, 0.1) is 9.35 Å². The Morgan fingerprint density at radius 2 is 1.50 bits per heavy atom. The molecule has 1 atom stereocenters. The van der Waals surface area contributed by atoms with E-state index in [-0.39, 0.29) is 11.3 Å². The van der Waals surface area contributed by atoms with E-state index in [2.05, 4.69) is 52.0 Å². The van der Waals surface area contributed by atoms with Gasteiger partial charge in [-0.1, -0.05) is 45.0 Å². The molecular weight excluding hydrogens is 514 g/mol. The molecule has 3 rings (SSSR count). The maximum absolute atomic E-state index is 13.3. The molecule has 180 valence electrons. The average Bonchev–Trinajstić information content (AvgIpc) is 3.24. The van der Waals surface area contributed by atoms with E-state index in [1.807, 2.05) is 18.2 Å². The number of ether oxygens (including phenoxy) is 1. The molecule has 0 aliphatic rings. The third-order valence-electron chi connectivity index (χ3n) is 5.08. The van der Waals surface area contributed by atoms with Gasteiger partial charge in [-0.25, -0.2) is 14.8 Å². The number of benzene rings is 1. The Morgan fingerprint density at radius 3 is 2.00 bits per heavy atom. The van der Waals surface area contributed by atoms with Gasteiger partial charge in [-0.05, 0) is 66.7 Å². The summed E-state index contributed by atoms with van der Waals surface area (Å²) in [5.41, 5.74) is -0.778. The van der Waals surface area contributed by atoms with Gasteiger partial charge in [-0.3, -0.25) is 4.79 Å². The summed E-state index contributed by atoms with van der Waals surface area (Å²) < 4.78 is 6.49. The fourth-order valence-electron chi connectivity index (χ4n) is 3.19. The van der Waals surface area contributed by atoms with Gasteiger partial charge in [0.15, 0.2) is 11.4 Å². The molecule has 3 aromatic rings. The van der Waals surface area contributed by atoms with Gasteiger partial charge in [0.2, 0.25) is 0 Å². The molecule has 0 fully saturated rings. The number of nitrogens with one attached hydrogen (secondary N) is 1. The molecule has 1 amide bonds. The first kappa shape index (κ1) is 26.0. The van der Waals surface area contributed by atoms with Crippen molar-refractivity contribution in [3.05, 3.63) is 68.6 Å². The summed E-state index contributed by atoms with van der Waals surface area (Å²) >= 11 is 4.76. The largest absolute Gasteiger partial charge is 0.458 e. The zero-order valence-electron chi connectivity index (χ0n) is 20.5. The van der Waals surface area contributed by atoms with Gasteiger partial charge in [-0.2, -0.15) is 0 Å². The Kier molecular flexibility index (Phi) is 7.34. The first-order chi connectivity index (χ1) is 15.7. The number of aromatic nitrogens is 2. The van der Waals surface area contributed by atoms with Crippen LogP contribution in [0.5, 0.6) is 0 Å². The normalized spacial score (nSPS) is 13.8. The smallest absolute Gasteiger partial charge is 0.336 e. The Hall–Kier alpha value is -2.58. The Balaban J connectivity index is 1.95. The highest BCUT2D eigenvalue weighted by molar-refractivity contribution is 9.10. The molecule has 0 unspecified atom stereocenters. The molecule has 0 radical (unpaired) electrons. The van der Waals surface area contributed by atoms with Crippen molar-refractivity contribution in [1.29, 1.82) is 0 Å². The van der Waals surface area contributed by atoms with E-state index in [4.69, 9.17) is 4.74 Å². The predicted molar refractivity (Wildman–Crippen MR) is 139 cm³/mol. The van der Waals surface area contributed by atoms with Crippen molar-refractivity contribution in [2.45, 2.75) is 65.0 Å². The zero-order chi connectivity index (χ0) is 25.3. The van der Waals surface area contributed by atoms with E-state index in [1.165, 1.54) is 11.3 Å². The number of thiophene rings is 1. The SMILES string of the molecule is CC(C)(C)OC(=O)[C@@](C)(NC(=O)c1ccc(C(C)(C)C)s1)c1ccc(-c2ncc(Br)cn2)cc1. The summed E-state index contributed by atoms with van der Waals surface area (Å²) in [6.07, 6.45) is 3.35. The Morgan fingerprint density at radius 1 is 0.912 bits per heavy atom. The van der Waals surface area contributed by atoms with Gasteiger partial charge >= 0.3 is 5.97 Å². The summed E-state index contributed by atoms with van der Waals surface area (Å²) in [6, 6.07) is 11.0. The van der Waals surface area contributed by atoms with Crippen LogP contribution in [0.2, 0.25) is 0 Å². The van der Waals surface area contributed by atoms with Crippen molar-refractivity contribution in [3.63, 3.8) is 0 Å². The first-order valence-corrected chi connectivity index (χ1v) is 12.5. The summed E-state index contributed by atoms with van der Waals surface area (Å²) in [5.74, 6) is -0.297. The quantitative estimate of drug-likeness (QED) is 0.384. The van der Waals surface area contributed by atoms with Crippen LogP contribution in [0.1, 0.15) is 68.6 Å². The van der Waals surface area contributed by atoms with Crippen LogP contribution >= 0.6 is 27.3 Å². The highest BCUT2D eigenvalue weighted by Gasteiger charge is 2.41. The van der Waals surface area contributed by atoms with Crippen molar-refractivity contribution in [1.82, 2.24) is 15.3 Å². The minimum atomic E-state index is -1.39. The highest BCUT2D eigenvalue weighted by atomic mass is 79.9. The van der Waals surface area contributed by atoms with Crippen LogP contribution in [-0.2, 0) is 20.5 Å². The van der Waals surface area contributed by atoms with E-state index < -0.39 is 17.1 Å². The number of hydrogen-bond donors (Lipinski definition) is 1. The lowest BCUT2D eigenvalue weighted by atomic mass is 9.90. The van der Waals surface area contributed by atoms with Crippen LogP contribution in [0.3, 0.4) is 0 Å². The van der Waals surface area contributed by atoms with E-state index in [9.17, 15) is 9.59 Å². The van der Waals surface area contributed by atoms with Crippen molar-refractivity contribution in [3.8, 4) is 11.4 Å². The van der Waals surface area contributed by atoms with Crippen LogP contribution in [0.15, 0.2) is 53.3 Å². The number of carbonyl (C=O) groups is 2. The van der Waals surface area contributed by atoms with Crippen molar-refractivity contribution in [2.24, 2.45) is 0 Å². The van der Waals surface area contributed by atoms with Gasteiger partial charge < -0.3 is 10.1 Å². The van der Waals surface area contributed by atoms with Gasteiger partial charge in [0.25, 0.3) is 5.91 Å². The fraction of sp³-hybridized carbons (Fsp3) is 0.385. The second kappa shape index (κ2) is 9.58. The first-order valence-electron chi connectivity index (χ1n) is 10.9. The number of carbonyl (C=O) groups excluding carboxylic acids is 2. The summed E-state index contributed by atoms with van der Waals surface area (Å²) in [4.78, 5) is 36.8. The third-order valence-corrected chi connectivity index (χ3v) is 7.00. The molecule has 1 aromatic carbocycles. The second-order valence-electron chi connectivity index (χ2n) is 10.3. The number of hydrogen-bond acceptors (Lipinski definition) is 6. The topological polar surface area (TPSA) is 81.2 Å².